The SMILES string of the molecule is CN(C)CCN(Cc1cccnc1)C(=O)Nc1ccc(-n2cncn2)nc1. The van der Waals surface area contributed by atoms with E-state index < -0.39 is 0 Å². The highest BCUT2D eigenvalue weighted by atomic mass is 16.2. The second-order valence-electron chi connectivity index (χ2n) is 6.26. The zero-order valence-electron chi connectivity index (χ0n) is 15.4. The Hall–Kier alpha value is -3.33. The molecule has 1 N–H and O–H groups in total. The molecule has 0 radical (unpaired) electrons. The van der Waals surface area contributed by atoms with Crippen molar-refractivity contribution in [3.05, 3.63) is 61.1 Å². The summed E-state index contributed by atoms with van der Waals surface area (Å²) < 4.78 is 1.55. The molecule has 0 aliphatic heterocycles. The van der Waals surface area contributed by atoms with E-state index in [2.05, 4.69) is 25.4 Å². The van der Waals surface area contributed by atoms with Gasteiger partial charge in [0.25, 0.3) is 0 Å². The number of urea groups is 1. The van der Waals surface area contributed by atoms with Crippen LogP contribution in [-0.2, 0) is 6.54 Å². The third kappa shape index (κ3) is 5.32. The van der Waals surface area contributed by atoms with Crippen LogP contribution in [0.15, 0.2) is 55.5 Å². The monoisotopic (exact) mass is 366 g/mol. The van der Waals surface area contributed by atoms with Gasteiger partial charge >= 0.3 is 6.03 Å². The zero-order chi connectivity index (χ0) is 19.1. The molecule has 140 valence electrons. The largest absolute Gasteiger partial charge is 0.322 e. The van der Waals surface area contributed by atoms with Gasteiger partial charge in [0.05, 0.1) is 11.9 Å². The fraction of sp³-hybridized carbons (Fsp3) is 0.278. The number of carbonyl (C=O) groups is 1. The first-order valence-corrected chi connectivity index (χ1v) is 8.52. The van der Waals surface area contributed by atoms with Crippen molar-refractivity contribution in [3.8, 4) is 5.82 Å². The van der Waals surface area contributed by atoms with Crippen molar-refractivity contribution in [2.24, 2.45) is 0 Å². The molecule has 0 aliphatic carbocycles. The van der Waals surface area contributed by atoms with E-state index in [4.69, 9.17) is 0 Å². The fourth-order valence-electron chi connectivity index (χ4n) is 2.41. The molecule has 0 aliphatic rings. The summed E-state index contributed by atoms with van der Waals surface area (Å²) in [4.78, 5) is 28.9. The lowest BCUT2D eigenvalue weighted by atomic mass is 10.2. The highest BCUT2D eigenvalue weighted by Crippen LogP contribution is 2.11. The van der Waals surface area contributed by atoms with Crippen LogP contribution in [-0.4, -0.2) is 67.7 Å². The van der Waals surface area contributed by atoms with Gasteiger partial charge in [-0.25, -0.2) is 19.4 Å². The fourth-order valence-corrected chi connectivity index (χ4v) is 2.41. The average Bonchev–Trinajstić information content (AvgIpc) is 3.21. The molecular weight excluding hydrogens is 344 g/mol. The van der Waals surface area contributed by atoms with Crippen LogP contribution in [0.25, 0.3) is 5.82 Å². The van der Waals surface area contributed by atoms with Crippen molar-refractivity contribution >= 4 is 11.7 Å². The van der Waals surface area contributed by atoms with E-state index in [9.17, 15) is 4.79 Å². The summed E-state index contributed by atoms with van der Waals surface area (Å²) in [5.74, 6) is 0.630. The van der Waals surface area contributed by atoms with Crippen LogP contribution in [0.2, 0.25) is 0 Å². The second kappa shape index (κ2) is 8.86. The molecule has 9 nitrogen and oxygen atoms in total. The maximum atomic E-state index is 12.8. The summed E-state index contributed by atoms with van der Waals surface area (Å²) in [7, 11) is 3.96. The van der Waals surface area contributed by atoms with E-state index in [1.54, 1.807) is 46.6 Å². The predicted molar refractivity (Wildman–Crippen MR) is 101 cm³/mol. The Morgan fingerprint density at radius 1 is 1.15 bits per heavy atom. The molecule has 3 aromatic rings. The maximum absolute atomic E-state index is 12.8. The van der Waals surface area contributed by atoms with Gasteiger partial charge in [-0.05, 0) is 37.9 Å². The summed E-state index contributed by atoms with van der Waals surface area (Å²) in [6, 6.07) is 7.20. The van der Waals surface area contributed by atoms with E-state index in [0.29, 0.717) is 24.6 Å². The summed E-state index contributed by atoms with van der Waals surface area (Å²) in [5, 5.41) is 6.93. The lowest BCUT2D eigenvalue weighted by Crippen LogP contribution is -2.39. The normalized spacial score (nSPS) is 10.8. The molecule has 2 amide bonds. The van der Waals surface area contributed by atoms with Gasteiger partial charge in [0.15, 0.2) is 5.82 Å². The highest BCUT2D eigenvalue weighted by Gasteiger charge is 2.15. The van der Waals surface area contributed by atoms with Crippen molar-refractivity contribution in [2.45, 2.75) is 6.54 Å². The highest BCUT2D eigenvalue weighted by molar-refractivity contribution is 5.89. The Labute approximate surface area is 157 Å². The van der Waals surface area contributed by atoms with E-state index in [1.165, 1.54) is 6.33 Å². The van der Waals surface area contributed by atoms with Crippen LogP contribution >= 0.6 is 0 Å². The van der Waals surface area contributed by atoms with Crippen molar-refractivity contribution in [1.29, 1.82) is 0 Å². The molecule has 0 spiro atoms. The minimum atomic E-state index is -0.184. The Kier molecular flexibility index (Phi) is 6.06. The second-order valence-corrected chi connectivity index (χ2v) is 6.26. The molecule has 0 bridgehead atoms. The van der Waals surface area contributed by atoms with Crippen LogP contribution in [0.1, 0.15) is 5.56 Å². The van der Waals surface area contributed by atoms with Crippen molar-refractivity contribution in [1.82, 2.24) is 34.5 Å². The molecule has 9 heteroatoms. The molecule has 0 unspecified atom stereocenters. The molecule has 0 fully saturated rings. The van der Waals surface area contributed by atoms with Gasteiger partial charge < -0.3 is 15.1 Å². The molecule has 0 aromatic carbocycles. The van der Waals surface area contributed by atoms with Crippen LogP contribution in [0, 0.1) is 0 Å². The molecule has 0 saturated carbocycles. The average molecular weight is 366 g/mol. The Balaban J connectivity index is 1.67. The van der Waals surface area contributed by atoms with Crippen molar-refractivity contribution in [2.75, 3.05) is 32.5 Å². The maximum Gasteiger partial charge on any atom is 0.322 e. The minimum Gasteiger partial charge on any atom is -0.319 e. The number of carbonyl (C=O) groups excluding carboxylic acids is 1. The quantitative estimate of drug-likeness (QED) is 0.684. The first-order valence-electron chi connectivity index (χ1n) is 8.52. The summed E-state index contributed by atoms with van der Waals surface area (Å²) in [5.41, 5.74) is 1.59. The lowest BCUT2D eigenvalue weighted by Gasteiger charge is -2.24. The smallest absolute Gasteiger partial charge is 0.319 e. The Bertz CT molecular complexity index is 834. The van der Waals surface area contributed by atoms with Gasteiger partial charge in [0.2, 0.25) is 0 Å². The van der Waals surface area contributed by atoms with Gasteiger partial charge in [-0.3, -0.25) is 4.98 Å². The molecule has 3 aromatic heterocycles. The molecule has 3 heterocycles. The predicted octanol–water partition coefficient (Wildman–Crippen LogP) is 1.65. The van der Waals surface area contributed by atoms with Crippen LogP contribution in [0.4, 0.5) is 10.5 Å². The number of aromatic nitrogens is 5. The summed E-state index contributed by atoms with van der Waals surface area (Å²) >= 11 is 0. The third-order valence-corrected chi connectivity index (χ3v) is 3.85. The molecular formula is C18H22N8O. The number of hydrogen-bond acceptors (Lipinski definition) is 6. The van der Waals surface area contributed by atoms with E-state index in [-0.39, 0.29) is 6.03 Å². The molecule has 27 heavy (non-hydrogen) atoms. The first-order chi connectivity index (χ1) is 13.1. The number of rotatable bonds is 7. The third-order valence-electron chi connectivity index (χ3n) is 3.85. The van der Waals surface area contributed by atoms with Gasteiger partial charge in [0, 0.05) is 32.0 Å². The first kappa shape index (κ1) is 18.5. The van der Waals surface area contributed by atoms with E-state index in [0.717, 1.165) is 12.1 Å². The molecule has 0 atom stereocenters. The minimum absolute atomic E-state index is 0.184. The van der Waals surface area contributed by atoms with Crippen LogP contribution < -0.4 is 5.32 Å². The number of hydrogen-bond donors (Lipinski definition) is 1. The van der Waals surface area contributed by atoms with Gasteiger partial charge in [-0.2, -0.15) is 5.10 Å². The molecule has 3 rings (SSSR count). The Morgan fingerprint density at radius 2 is 2.04 bits per heavy atom. The van der Waals surface area contributed by atoms with E-state index >= 15 is 0 Å². The lowest BCUT2D eigenvalue weighted by molar-refractivity contribution is 0.202. The summed E-state index contributed by atoms with van der Waals surface area (Å²) in [6.45, 7) is 1.84. The number of nitrogens with one attached hydrogen (secondary N) is 1. The van der Waals surface area contributed by atoms with E-state index in [1.807, 2.05) is 31.1 Å². The zero-order valence-corrected chi connectivity index (χ0v) is 15.4. The standard InChI is InChI=1S/C18H22N8O/c1-24(2)8-9-25(12-15-4-3-7-19-10-15)18(27)23-16-5-6-17(21-11-16)26-14-20-13-22-26/h3-7,10-11,13-14H,8-9,12H2,1-2H3,(H,23,27). The van der Waals surface area contributed by atoms with Crippen molar-refractivity contribution in [3.63, 3.8) is 0 Å². The summed E-state index contributed by atoms with van der Waals surface area (Å²) in [6.07, 6.45) is 8.10. The van der Waals surface area contributed by atoms with Crippen LogP contribution in [0.3, 0.4) is 0 Å². The van der Waals surface area contributed by atoms with Gasteiger partial charge in [-0.15, -0.1) is 0 Å². The number of nitrogens with zero attached hydrogens (tertiary/aromatic N) is 7. The van der Waals surface area contributed by atoms with Crippen LogP contribution in [0.5, 0.6) is 0 Å². The number of likely N-dealkylation sites (N-methyl/N-ethyl adjacent to an activating group) is 1. The van der Waals surface area contributed by atoms with Crippen molar-refractivity contribution < 1.29 is 4.79 Å². The molecule has 0 saturated heterocycles. The number of amides is 2. The number of anilines is 1. The van der Waals surface area contributed by atoms with Gasteiger partial charge in [0.1, 0.15) is 12.7 Å². The number of pyridine rings is 2. The Morgan fingerprint density at radius 3 is 2.67 bits per heavy atom. The van der Waals surface area contributed by atoms with Gasteiger partial charge in [-0.1, -0.05) is 6.07 Å². The topological polar surface area (TPSA) is 92.1 Å².